The van der Waals surface area contributed by atoms with Crippen LogP contribution < -0.4 is 5.32 Å². The fraction of sp³-hybridized carbons (Fsp3) is 1.00. The van der Waals surface area contributed by atoms with Crippen LogP contribution in [0.3, 0.4) is 0 Å². The molecule has 2 nitrogen and oxygen atoms in total. The first-order valence-corrected chi connectivity index (χ1v) is 5.41. The average Bonchev–Trinajstić information content (AvgIpc) is 1.91. The van der Waals surface area contributed by atoms with E-state index >= 15 is 0 Å². The van der Waals surface area contributed by atoms with Crippen LogP contribution in [0.25, 0.3) is 0 Å². The van der Waals surface area contributed by atoms with Gasteiger partial charge < -0.3 is 10.2 Å². The van der Waals surface area contributed by atoms with Crippen molar-refractivity contribution in [3.8, 4) is 0 Å². The lowest BCUT2D eigenvalue weighted by Gasteiger charge is -2.46. The lowest BCUT2D eigenvalue weighted by atomic mass is 9.76. The van der Waals surface area contributed by atoms with E-state index in [1.54, 1.807) is 0 Å². The van der Waals surface area contributed by atoms with Gasteiger partial charge in [0.2, 0.25) is 0 Å². The van der Waals surface area contributed by atoms with Crippen molar-refractivity contribution in [2.75, 3.05) is 33.2 Å². The topological polar surface area (TPSA) is 15.3 Å². The van der Waals surface area contributed by atoms with Gasteiger partial charge in [-0.15, -0.1) is 0 Å². The van der Waals surface area contributed by atoms with Gasteiger partial charge in [-0.1, -0.05) is 20.8 Å². The molecule has 1 N–H and O–H groups in total. The number of nitrogens with zero attached hydrogens (tertiary/aromatic N) is 1. The summed E-state index contributed by atoms with van der Waals surface area (Å²) in [5.41, 5.74) is 0.513. The molecule has 0 saturated carbocycles. The van der Waals surface area contributed by atoms with Crippen LogP contribution >= 0.6 is 0 Å². The maximum atomic E-state index is 3.19. The molecule has 0 aromatic heterocycles. The molecular weight excluding hydrogens is 160 g/mol. The second-order valence-corrected chi connectivity index (χ2v) is 5.28. The Morgan fingerprint density at radius 1 is 1.31 bits per heavy atom. The number of hydrogen-bond acceptors (Lipinski definition) is 2. The smallest absolute Gasteiger partial charge is 0.00270 e. The molecular formula is C11H24N2. The van der Waals surface area contributed by atoms with Crippen LogP contribution in [0.15, 0.2) is 0 Å². The largest absolute Gasteiger partial charge is 0.320 e. The molecule has 0 unspecified atom stereocenters. The molecule has 1 heterocycles. The summed E-state index contributed by atoms with van der Waals surface area (Å²) in [4.78, 5) is 2.56. The SMILES string of the molecule is CNCCCN1CC(C(C)(C)C)C1. The maximum absolute atomic E-state index is 3.19. The van der Waals surface area contributed by atoms with E-state index in [0.717, 1.165) is 12.5 Å². The van der Waals surface area contributed by atoms with Crippen molar-refractivity contribution >= 4 is 0 Å². The van der Waals surface area contributed by atoms with Gasteiger partial charge in [0.15, 0.2) is 0 Å². The molecule has 2 heteroatoms. The van der Waals surface area contributed by atoms with Crippen LogP contribution in [-0.2, 0) is 0 Å². The van der Waals surface area contributed by atoms with Gasteiger partial charge in [0.05, 0.1) is 0 Å². The minimum atomic E-state index is 0.513. The van der Waals surface area contributed by atoms with E-state index in [1.807, 2.05) is 7.05 Å². The summed E-state index contributed by atoms with van der Waals surface area (Å²) in [5.74, 6) is 0.919. The highest BCUT2D eigenvalue weighted by Gasteiger charge is 2.34. The van der Waals surface area contributed by atoms with Crippen molar-refractivity contribution in [3.63, 3.8) is 0 Å². The first-order valence-electron chi connectivity index (χ1n) is 5.41. The Balaban J connectivity index is 2.05. The Kier molecular flexibility index (Phi) is 3.74. The molecule has 1 aliphatic heterocycles. The number of nitrogens with one attached hydrogen (secondary N) is 1. The molecule has 0 radical (unpaired) electrons. The fourth-order valence-electron chi connectivity index (χ4n) is 1.78. The third-order valence-electron chi connectivity index (χ3n) is 3.08. The molecule has 78 valence electrons. The number of rotatable bonds is 4. The molecule has 0 amide bonds. The molecule has 0 atom stereocenters. The summed E-state index contributed by atoms with van der Waals surface area (Å²) >= 11 is 0. The second-order valence-electron chi connectivity index (χ2n) is 5.28. The maximum Gasteiger partial charge on any atom is 0.00270 e. The van der Waals surface area contributed by atoms with Gasteiger partial charge in [-0.05, 0) is 37.9 Å². The Morgan fingerprint density at radius 2 is 1.92 bits per heavy atom. The van der Waals surface area contributed by atoms with Crippen molar-refractivity contribution in [1.29, 1.82) is 0 Å². The van der Waals surface area contributed by atoms with Crippen LogP contribution in [-0.4, -0.2) is 38.1 Å². The summed E-state index contributed by atoms with van der Waals surface area (Å²) in [7, 11) is 2.02. The van der Waals surface area contributed by atoms with Crippen LogP contribution in [0.4, 0.5) is 0 Å². The second kappa shape index (κ2) is 4.43. The number of likely N-dealkylation sites (tertiary alicyclic amines) is 1. The highest BCUT2D eigenvalue weighted by molar-refractivity contribution is 4.87. The van der Waals surface area contributed by atoms with Crippen LogP contribution in [0.2, 0.25) is 0 Å². The molecule has 0 spiro atoms. The highest BCUT2D eigenvalue weighted by atomic mass is 15.2. The predicted octanol–water partition coefficient (Wildman–Crippen LogP) is 1.57. The summed E-state index contributed by atoms with van der Waals surface area (Å²) in [6.07, 6.45) is 1.29. The normalized spacial score (nSPS) is 20.3. The Labute approximate surface area is 82.7 Å². The molecule has 1 aliphatic rings. The summed E-state index contributed by atoms with van der Waals surface area (Å²) < 4.78 is 0. The molecule has 13 heavy (non-hydrogen) atoms. The van der Waals surface area contributed by atoms with Gasteiger partial charge in [-0.25, -0.2) is 0 Å². The van der Waals surface area contributed by atoms with E-state index in [9.17, 15) is 0 Å². The van der Waals surface area contributed by atoms with Gasteiger partial charge in [0.1, 0.15) is 0 Å². The molecule has 0 aromatic rings. The summed E-state index contributed by atoms with van der Waals surface area (Å²) in [6.45, 7) is 12.1. The summed E-state index contributed by atoms with van der Waals surface area (Å²) in [5, 5.41) is 3.19. The van der Waals surface area contributed by atoms with E-state index in [0.29, 0.717) is 5.41 Å². The molecule has 0 aliphatic carbocycles. The zero-order chi connectivity index (χ0) is 9.90. The number of hydrogen-bond donors (Lipinski definition) is 1. The predicted molar refractivity (Wildman–Crippen MR) is 57.9 cm³/mol. The van der Waals surface area contributed by atoms with Crippen molar-refractivity contribution in [2.45, 2.75) is 27.2 Å². The minimum Gasteiger partial charge on any atom is -0.320 e. The lowest BCUT2D eigenvalue weighted by molar-refractivity contribution is 0.0245. The molecule has 0 bridgehead atoms. The Hall–Kier alpha value is -0.0800. The van der Waals surface area contributed by atoms with Gasteiger partial charge >= 0.3 is 0 Å². The average molecular weight is 184 g/mol. The molecule has 1 fully saturated rings. The van der Waals surface area contributed by atoms with Gasteiger partial charge in [-0.3, -0.25) is 0 Å². The summed E-state index contributed by atoms with van der Waals surface area (Å²) in [6, 6.07) is 0. The molecule has 0 aromatic carbocycles. The zero-order valence-electron chi connectivity index (χ0n) is 9.56. The van der Waals surface area contributed by atoms with Gasteiger partial charge in [0.25, 0.3) is 0 Å². The molecule has 1 saturated heterocycles. The minimum absolute atomic E-state index is 0.513. The quantitative estimate of drug-likeness (QED) is 0.667. The van der Waals surface area contributed by atoms with Gasteiger partial charge in [0, 0.05) is 13.1 Å². The van der Waals surface area contributed by atoms with Crippen molar-refractivity contribution in [3.05, 3.63) is 0 Å². The monoisotopic (exact) mass is 184 g/mol. The van der Waals surface area contributed by atoms with E-state index in [-0.39, 0.29) is 0 Å². The van der Waals surface area contributed by atoms with Gasteiger partial charge in [-0.2, -0.15) is 0 Å². The zero-order valence-corrected chi connectivity index (χ0v) is 9.56. The van der Waals surface area contributed by atoms with E-state index < -0.39 is 0 Å². The van der Waals surface area contributed by atoms with E-state index in [1.165, 1.54) is 26.1 Å². The highest BCUT2D eigenvalue weighted by Crippen LogP contribution is 2.33. The Morgan fingerprint density at radius 3 is 2.38 bits per heavy atom. The lowest BCUT2D eigenvalue weighted by Crippen LogP contribution is -2.52. The van der Waals surface area contributed by atoms with Crippen LogP contribution in [0, 0.1) is 11.3 Å². The Bertz CT molecular complexity index is 143. The van der Waals surface area contributed by atoms with E-state index in [2.05, 4.69) is 31.0 Å². The first-order chi connectivity index (χ1) is 6.04. The van der Waals surface area contributed by atoms with Crippen LogP contribution in [0.1, 0.15) is 27.2 Å². The van der Waals surface area contributed by atoms with Crippen molar-refractivity contribution in [2.24, 2.45) is 11.3 Å². The van der Waals surface area contributed by atoms with Crippen molar-refractivity contribution < 1.29 is 0 Å². The third-order valence-corrected chi connectivity index (χ3v) is 3.08. The molecule has 1 rings (SSSR count). The van der Waals surface area contributed by atoms with Crippen LogP contribution in [0.5, 0.6) is 0 Å². The first kappa shape index (κ1) is 11.0. The third kappa shape index (κ3) is 3.28. The fourth-order valence-corrected chi connectivity index (χ4v) is 1.78. The van der Waals surface area contributed by atoms with E-state index in [4.69, 9.17) is 0 Å². The van der Waals surface area contributed by atoms with Crippen molar-refractivity contribution in [1.82, 2.24) is 10.2 Å². The standard InChI is InChI=1S/C11H24N2/c1-11(2,3)10-8-13(9-10)7-5-6-12-4/h10,12H,5-9H2,1-4H3.